The van der Waals surface area contributed by atoms with Crippen molar-refractivity contribution in [1.29, 1.82) is 0 Å². The number of amides is 1. The summed E-state index contributed by atoms with van der Waals surface area (Å²) in [4.78, 5) is 12.5. The van der Waals surface area contributed by atoms with E-state index in [0.717, 1.165) is 0 Å². The van der Waals surface area contributed by atoms with Gasteiger partial charge in [-0.1, -0.05) is 53.5 Å². The fourth-order valence-corrected chi connectivity index (χ4v) is 5.16. The van der Waals surface area contributed by atoms with E-state index in [9.17, 15) is 13.2 Å². The first-order chi connectivity index (χ1) is 12.9. The van der Waals surface area contributed by atoms with Crippen molar-refractivity contribution in [2.24, 2.45) is 5.92 Å². The molecule has 1 aliphatic heterocycles. The molecule has 1 amide bonds. The van der Waals surface area contributed by atoms with Gasteiger partial charge < -0.3 is 5.32 Å². The van der Waals surface area contributed by atoms with Crippen molar-refractivity contribution in [2.75, 3.05) is 18.4 Å². The number of benzene rings is 2. The summed E-state index contributed by atoms with van der Waals surface area (Å²) in [6, 6.07) is 14.0. The molecular formula is C19H20Cl2N2O3S. The maximum atomic E-state index is 12.7. The lowest BCUT2D eigenvalue weighted by Gasteiger charge is -2.30. The molecule has 0 spiro atoms. The van der Waals surface area contributed by atoms with Crippen LogP contribution in [0.25, 0.3) is 0 Å². The number of sulfonamides is 1. The molecular weight excluding hydrogens is 407 g/mol. The van der Waals surface area contributed by atoms with Crippen LogP contribution in [-0.4, -0.2) is 31.7 Å². The molecule has 1 heterocycles. The Morgan fingerprint density at radius 2 is 1.59 bits per heavy atom. The summed E-state index contributed by atoms with van der Waals surface area (Å²) in [6.07, 6.45) is 0.941. The Morgan fingerprint density at radius 1 is 1.00 bits per heavy atom. The lowest BCUT2D eigenvalue weighted by molar-refractivity contribution is -0.120. The van der Waals surface area contributed by atoms with Gasteiger partial charge in [0.05, 0.1) is 16.5 Å². The van der Waals surface area contributed by atoms with E-state index in [1.807, 2.05) is 0 Å². The van der Waals surface area contributed by atoms with E-state index in [2.05, 4.69) is 5.32 Å². The van der Waals surface area contributed by atoms with Crippen molar-refractivity contribution in [2.45, 2.75) is 18.6 Å². The third-order valence-electron chi connectivity index (χ3n) is 4.65. The number of anilines is 1. The molecule has 0 saturated carbocycles. The summed E-state index contributed by atoms with van der Waals surface area (Å²) in [5, 5.41) is 3.74. The third kappa shape index (κ3) is 5.02. The average Bonchev–Trinajstić information content (AvgIpc) is 2.65. The Morgan fingerprint density at radius 3 is 2.22 bits per heavy atom. The Bertz CT molecular complexity index is 926. The molecule has 144 valence electrons. The van der Waals surface area contributed by atoms with Crippen molar-refractivity contribution in [3.63, 3.8) is 0 Å². The molecule has 0 atom stereocenters. The second-order valence-corrected chi connectivity index (χ2v) is 9.27. The molecule has 1 fully saturated rings. The van der Waals surface area contributed by atoms with E-state index in [1.54, 1.807) is 48.5 Å². The number of hydrogen-bond acceptors (Lipinski definition) is 3. The van der Waals surface area contributed by atoms with Gasteiger partial charge in [0, 0.05) is 24.0 Å². The molecule has 3 rings (SSSR count). The number of carbonyl (C=O) groups excluding carboxylic acids is 1. The van der Waals surface area contributed by atoms with E-state index in [4.69, 9.17) is 23.2 Å². The fourth-order valence-electron chi connectivity index (χ4n) is 3.10. The summed E-state index contributed by atoms with van der Waals surface area (Å²) < 4.78 is 26.8. The molecule has 2 aromatic rings. The van der Waals surface area contributed by atoms with Crippen molar-refractivity contribution in [3.05, 3.63) is 64.1 Å². The molecule has 0 bridgehead atoms. The maximum Gasteiger partial charge on any atom is 0.227 e. The van der Waals surface area contributed by atoms with E-state index in [-0.39, 0.29) is 17.6 Å². The lowest BCUT2D eigenvalue weighted by atomic mass is 9.97. The zero-order valence-electron chi connectivity index (χ0n) is 14.6. The summed E-state index contributed by atoms with van der Waals surface area (Å²) in [5.74, 6) is -0.511. The Balaban J connectivity index is 1.59. The molecule has 2 aromatic carbocycles. The highest BCUT2D eigenvalue weighted by molar-refractivity contribution is 7.88. The average molecular weight is 427 g/mol. The van der Waals surface area contributed by atoms with Gasteiger partial charge in [-0.2, -0.15) is 0 Å². The van der Waals surface area contributed by atoms with Crippen LogP contribution < -0.4 is 5.32 Å². The monoisotopic (exact) mass is 426 g/mol. The first-order valence-electron chi connectivity index (χ1n) is 8.63. The van der Waals surface area contributed by atoms with Gasteiger partial charge in [0.25, 0.3) is 0 Å². The molecule has 1 saturated heterocycles. The normalized spacial score (nSPS) is 16.2. The minimum absolute atomic E-state index is 0.133. The highest BCUT2D eigenvalue weighted by Crippen LogP contribution is 2.26. The molecule has 5 nitrogen and oxygen atoms in total. The van der Waals surface area contributed by atoms with Crippen LogP contribution in [-0.2, 0) is 20.6 Å². The zero-order valence-corrected chi connectivity index (χ0v) is 16.9. The van der Waals surface area contributed by atoms with Crippen molar-refractivity contribution >= 4 is 44.8 Å². The smallest absolute Gasteiger partial charge is 0.227 e. The van der Waals surface area contributed by atoms with Crippen LogP contribution in [0.2, 0.25) is 10.0 Å². The largest absolute Gasteiger partial charge is 0.325 e. The minimum atomic E-state index is -3.48. The SMILES string of the molecule is O=C(Nc1ccccc1Cl)C1CCN(S(=O)(=O)Cc2ccccc2Cl)CC1. The van der Waals surface area contributed by atoms with Crippen LogP contribution >= 0.6 is 23.2 Å². The highest BCUT2D eigenvalue weighted by atomic mass is 35.5. The first-order valence-corrected chi connectivity index (χ1v) is 11.0. The van der Waals surface area contributed by atoms with Gasteiger partial charge >= 0.3 is 0 Å². The van der Waals surface area contributed by atoms with Crippen molar-refractivity contribution in [1.82, 2.24) is 4.31 Å². The number of carbonyl (C=O) groups is 1. The van der Waals surface area contributed by atoms with E-state index < -0.39 is 10.0 Å². The van der Waals surface area contributed by atoms with Crippen molar-refractivity contribution in [3.8, 4) is 0 Å². The Kier molecular flexibility index (Phi) is 6.42. The Hall–Kier alpha value is -1.60. The summed E-state index contributed by atoms with van der Waals surface area (Å²) >= 11 is 12.1. The summed E-state index contributed by atoms with van der Waals surface area (Å²) in [7, 11) is -3.48. The topological polar surface area (TPSA) is 66.5 Å². The molecule has 0 aromatic heterocycles. The highest BCUT2D eigenvalue weighted by Gasteiger charge is 2.31. The molecule has 8 heteroatoms. The van der Waals surface area contributed by atoms with Gasteiger partial charge in [-0.25, -0.2) is 12.7 Å². The first kappa shape index (κ1) is 20.1. The van der Waals surface area contributed by atoms with Crippen LogP contribution in [0.3, 0.4) is 0 Å². The number of piperidine rings is 1. The molecule has 1 N–H and O–H groups in total. The van der Waals surface area contributed by atoms with Gasteiger partial charge in [-0.15, -0.1) is 0 Å². The van der Waals surface area contributed by atoms with Gasteiger partial charge in [0.1, 0.15) is 0 Å². The predicted octanol–water partition coefficient (Wildman–Crippen LogP) is 4.17. The van der Waals surface area contributed by atoms with Crippen LogP contribution in [0.15, 0.2) is 48.5 Å². The van der Waals surface area contributed by atoms with E-state index in [1.165, 1.54) is 4.31 Å². The van der Waals surface area contributed by atoms with Crippen LogP contribution in [0.5, 0.6) is 0 Å². The predicted molar refractivity (Wildman–Crippen MR) is 108 cm³/mol. The second kappa shape index (κ2) is 8.61. The number of halogens is 2. The summed E-state index contributed by atoms with van der Waals surface area (Å²) in [6.45, 7) is 0.626. The van der Waals surface area contributed by atoms with Crippen LogP contribution in [0, 0.1) is 5.92 Å². The molecule has 0 unspecified atom stereocenters. The maximum absolute atomic E-state index is 12.7. The van der Waals surface area contributed by atoms with Crippen molar-refractivity contribution < 1.29 is 13.2 Å². The van der Waals surface area contributed by atoms with E-state index in [0.29, 0.717) is 47.2 Å². The van der Waals surface area contributed by atoms with Gasteiger partial charge in [-0.3, -0.25) is 4.79 Å². The Labute approximate surface area is 169 Å². The van der Waals surface area contributed by atoms with Gasteiger partial charge in [-0.05, 0) is 36.6 Å². The minimum Gasteiger partial charge on any atom is -0.325 e. The quantitative estimate of drug-likeness (QED) is 0.779. The molecule has 0 aliphatic carbocycles. The zero-order chi connectivity index (χ0) is 19.4. The third-order valence-corrected chi connectivity index (χ3v) is 7.17. The van der Waals surface area contributed by atoms with Gasteiger partial charge in [0.15, 0.2) is 0 Å². The number of para-hydroxylation sites is 1. The summed E-state index contributed by atoms with van der Waals surface area (Å²) in [5.41, 5.74) is 1.15. The van der Waals surface area contributed by atoms with Crippen LogP contribution in [0.4, 0.5) is 5.69 Å². The number of nitrogens with one attached hydrogen (secondary N) is 1. The van der Waals surface area contributed by atoms with E-state index >= 15 is 0 Å². The van der Waals surface area contributed by atoms with Gasteiger partial charge in [0.2, 0.25) is 15.9 Å². The van der Waals surface area contributed by atoms with Crippen LogP contribution in [0.1, 0.15) is 18.4 Å². The molecule has 27 heavy (non-hydrogen) atoms. The second-order valence-electron chi connectivity index (χ2n) is 6.49. The standard InChI is InChI=1S/C19H20Cl2N2O3S/c20-16-6-2-1-5-15(16)13-27(25,26)23-11-9-14(10-12-23)19(24)22-18-8-4-3-7-17(18)21/h1-8,14H,9-13H2,(H,22,24). The number of nitrogens with zero attached hydrogens (tertiary/aromatic N) is 1. The fraction of sp³-hybridized carbons (Fsp3) is 0.316. The lowest BCUT2D eigenvalue weighted by Crippen LogP contribution is -2.41. The number of hydrogen-bond donors (Lipinski definition) is 1. The molecule has 1 aliphatic rings. The molecule has 0 radical (unpaired) electrons. The number of rotatable bonds is 5.